The lowest BCUT2D eigenvalue weighted by atomic mass is 9.93. The number of nitrogens with zero attached hydrogens (tertiary/aromatic N) is 2. The van der Waals surface area contributed by atoms with E-state index >= 15 is 0 Å². The number of fused-ring (bicyclic) bond motifs is 2. The van der Waals surface area contributed by atoms with E-state index in [1.54, 1.807) is 18.2 Å². The number of carbonyl (C=O) groups is 3. The molecule has 0 bridgehead atoms. The first-order valence-electron chi connectivity index (χ1n) is 11.2. The van der Waals surface area contributed by atoms with Crippen LogP contribution in [0.4, 0.5) is 10.5 Å². The van der Waals surface area contributed by atoms with Gasteiger partial charge in [0.05, 0.1) is 6.04 Å². The minimum absolute atomic E-state index is 0.134. The second-order valence-electron chi connectivity index (χ2n) is 8.39. The van der Waals surface area contributed by atoms with E-state index in [-0.39, 0.29) is 37.7 Å². The molecule has 2 saturated heterocycles. The molecule has 2 aromatic carbocycles. The third kappa shape index (κ3) is 4.36. The highest BCUT2D eigenvalue weighted by atomic mass is 16.7. The molecule has 0 spiro atoms. The Bertz CT molecular complexity index is 1060. The summed E-state index contributed by atoms with van der Waals surface area (Å²) in [7, 11) is 0. The number of anilines is 1. The van der Waals surface area contributed by atoms with Gasteiger partial charge >= 0.3 is 6.03 Å². The molecule has 172 valence electrons. The van der Waals surface area contributed by atoms with Crippen molar-refractivity contribution in [3.8, 4) is 11.5 Å². The lowest BCUT2D eigenvalue weighted by molar-refractivity contribution is -0.138. The molecule has 9 nitrogen and oxygen atoms in total. The molecule has 2 unspecified atom stereocenters. The first-order chi connectivity index (χ1) is 16.1. The Morgan fingerprint density at radius 1 is 1.09 bits per heavy atom. The van der Waals surface area contributed by atoms with Crippen molar-refractivity contribution < 1.29 is 23.9 Å². The monoisotopic (exact) mass is 450 g/mol. The van der Waals surface area contributed by atoms with Crippen molar-refractivity contribution in [2.75, 3.05) is 31.7 Å². The van der Waals surface area contributed by atoms with Crippen LogP contribution in [0, 0.1) is 0 Å². The number of benzene rings is 2. The van der Waals surface area contributed by atoms with E-state index in [0.29, 0.717) is 36.6 Å². The fourth-order valence-corrected chi connectivity index (χ4v) is 4.62. The Kier molecular flexibility index (Phi) is 5.87. The summed E-state index contributed by atoms with van der Waals surface area (Å²) in [5.41, 5.74) is 1.60. The van der Waals surface area contributed by atoms with E-state index in [2.05, 4.69) is 10.6 Å². The van der Waals surface area contributed by atoms with Gasteiger partial charge in [-0.15, -0.1) is 0 Å². The summed E-state index contributed by atoms with van der Waals surface area (Å²) in [6, 6.07) is 13.6. The lowest BCUT2D eigenvalue weighted by Gasteiger charge is -2.46. The van der Waals surface area contributed by atoms with Crippen LogP contribution in [0.1, 0.15) is 18.4 Å². The first kappa shape index (κ1) is 21.3. The molecule has 2 N–H and O–H groups in total. The normalized spacial score (nSPS) is 21.7. The maximum absolute atomic E-state index is 13.3. The van der Waals surface area contributed by atoms with Crippen LogP contribution in [-0.2, 0) is 16.0 Å². The van der Waals surface area contributed by atoms with Crippen LogP contribution >= 0.6 is 0 Å². The van der Waals surface area contributed by atoms with Gasteiger partial charge in [0.15, 0.2) is 11.5 Å². The molecule has 0 aliphatic carbocycles. The van der Waals surface area contributed by atoms with E-state index in [1.807, 2.05) is 30.3 Å². The second kappa shape index (κ2) is 9.11. The summed E-state index contributed by atoms with van der Waals surface area (Å²) >= 11 is 0. The summed E-state index contributed by atoms with van der Waals surface area (Å²) in [6.45, 7) is 1.00. The van der Waals surface area contributed by atoms with E-state index in [0.717, 1.165) is 12.0 Å². The Hall–Kier alpha value is -3.59. The predicted octanol–water partition coefficient (Wildman–Crippen LogP) is 1.98. The lowest BCUT2D eigenvalue weighted by Crippen LogP contribution is -2.70. The third-order valence-corrected chi connectivity index (χ3v) is 6.27. The van der Waals surface area contributed by atoms with E-state index < -0.39 is 12.1 Å². The maximum atomic E-state index is 13.3. The van der Waals surface area contributed by atoms with Crippen LogP contribution in [0.15, 0.2) is 48.5 Å². The summed E-state index contributed by atoms with van der Waals surface area (Å²) < 4.78 is 10.7. The predicted molar refractivity (Wildman–Crippen MR) is 120 cm³/mol. The molecular formula is C24H26N4O5. The Morgan fingerprint density at radius 3 is 2.76 bits per heavy atom. The summed E-state index contributed by atoms with van der Waals surface area (Å²) in [5, 5.41) is 6.08. The zero-order valence-electron chi connectivity index (χ0n) is 18.2. The minimum atomic E-state index is -0.495. The van der Waals surface area contributed by atoms with Crippen molar-refractivity contribution in [1.82, 2.24) is 15.1 Å². The van der Waals surface area contributed by atoms with Gasteiger partial charge in [0.2, 0.25) is 18.6 Å². The minimum Gasteiger partial charge on any atom is -0.454 e. The fourth-order valence-electron chi connectivity index (χ4n) is 4.62. The van der Waals surface area contributed by atoms with Crippen LogP contribution in [0.2, 0.25) is 0 Å². The average molecular weight is 450 g/mol. The zero-order valence-corrected chi connectivity index (χ0v) is 18.2. The maximum Gasteiger partial charge on any atom is 0.327 e. The smallest absolute Gasteiger partial charge is 0.327 e. The standard InChI is InChI=1S/C24H26N4O5/c29-21(26-17-8-9-19-20(13-17)33-15-32-19)14-28-18-7-4-11-25-22(18)23(30)27(24(28)31)12-10-16-5-2-1-3-6-16/h1-3,5-6,8-9,13,18,22,25H,4,7,10-12,14-15H2,(H,26,29). The molecule has 4 amide bonds. The van der Waals surface area contributed by atoms with Gasteiger partial charge in [0.25, 0.3) is 0 Å². The van der Waals surface area contributed by atoms with Crippen LogP contribution in [-0.4, -0.2) is 66.2 Å². The summed E-state index contributed by atoms with van der Waals surface area (Å²) in [5.74, 6) is 0.649. The van der Waals surface area contributed by atoms with Gasteiger partial charge < -0.3 is 25.0 Å². The zero-order chi connectivity index (χ0) is 22.8. The molecule has 9 heteroatoms. The quantitative estimate of drug-likeness (QED) is 0.698. The number of imide groups is 1. The van der Waals surface area contributed by atoms with Crippen LogP contribution < -0.4 is 20.1 Å². The Labute approximate surface area is 191 Å². The van der Waals surface area contributed by atoms with E-state index in [1.165, 1.54) is 9.80 Å². The molecule has 3 aliphatic rings. The molecule has 3 heterocycles. The number of rotatable bonds is 6. The number of hydrogen-bond acceptors (Lipinski definition) is 6. The Balaban J connectivity index is 1.30. The SMILES string of the molecule is O=C(CN1C(=O)N(CCc2ccccc2)C(=O)C2NCCCC21)Nc1ccc2c(c1)OCO2. The van der Waals surface area contributed by atoms with Gasteiger partial charge in [-0.25, -0.2) is 4.79 Å². The van der Waals surface area contributed by atoms with Crippen molar-refractivity contribution in [1.29, 1.82) is 0 Å². The van der Waals surface area contributed by atoms with Crippen LogP contribution in [0.3, 0.4) is 0 Å². The number of urea groups is 1. The highest BCUT2D eigenvalue weighted by molar-refractivity contribution is 6.03. The van der Waals surface area contributed by atoms with Crippen molar-refractivity contribution in [2.45, 2.75) is 31.3 Å². The van der Waals surface area contributed by atoms with Gasteiger partial charge in [0.1, 0.15) is 12.6 Å². The number of piperidine rings is 1. The number of amides is 4. The molecule has 5 rings (SSSR count). The van der Waals surface area contributed by atoms with Gasteiger partial charge in [-0.05, 0) is 43.5 Å². The molecular weight excluding hydrogens is 424 g/mol. The molecule has 2 aromatic rings. The topological polar surface area (TPSA) is 100 Å². The molecule has 0 aromatic heterocycles. The van der Waals surface area contributed by atoms with Crippen molar-refractivity contribution in [3.05, 3.63) is 54.1 Å². The number of ether oxygens (including phenoxy) is 2. The largest absolute Gasteiger partial charge is 0.454 e. The fraction of sp³-hybridized carbons (Fsp3) is 0.375. The van der Waals surface area contributed by atoms with E-state index in [9.17, 15) is 14.4 Å². The van der Waals surface area contributed by atoms with Gasteiger partial charge in [-0.3, -0.25) is 14.5 Å². The van der Waals surface area contributed by atoms with Crippen molar-refractivity contribution in [2.24, 2.45) is 0 Å². The molecule has 2 fully saturated rings. The number of carbonyl (C=O) groups excluding carboxylic acids is 3. The summed E-state index contributed by atoms with van der Waals surface area (Å²) in [6.07, 6.45) is 2.08. The van der Waals surface area contributed by atoms with Gasteiger partial charge in [0, 0.05) is 18.3 Å². The average Bonchev–Trinajstić information content (AvgIpc) is 3.30. The highest BCUT2D eigenvalue weighted by Gasteiger charge is 2.47. The summed E-state index contributed by atoms with van der Waals surface area (Å²) in [4.78, 5) is 42.1. The Morgan fingerprint density at radius 2 is 1.91 bits per heavy atom. The van der Waals surface area contributed by atoms with Gasteiger partial charge in [-0.1, -0.05) is 30.3 Å². The van der Waals surface area contributed by atoms with Crippen molar-refractivity contribution in [3.63, 3.8) is 0 Å². The third-order valence-electron chi connectivity index (χ3n) is 6.27. The molecule has 0 radical (unpaired) electrons. The number of hydrogen-bond donors (Lipinski definition) is 2. The van der Waals surface area contributed by atoms with Crippen molar-refractivity contribution >= 4 is 23.5 Å². The number of nitrogens with one attached hydrogen (secondary N) is 2. The highest BCUT2D eigenvalue weighted by Crippen LogP contribution is 2.34. The molecule has 3 aliphatic heterocycles. The second-order valence-corrected chi connectivity index (χ2v) is 8.39. The van der Waals surface area contributed by atoms with Crippen LogP contribution in [0.25, 0.3) is 0 Å². The van der Waals surface area contributed by atoms with Crippen LogP contribution in [0.5, 0.6) is 11.5 Å². The first-order valence-corrected chi connectivity index (χ1v) is 11.2. The molecule has 2 atom stereocenters. The van der Waals surface area contributed by atoms with E-state index in [4.69, 9.17) is 9.47 Å². The van der Waals surface area contributed by atoms with Gasteiger partial charge in [-0.2, -0.15) is 0 Å². The molecule has 33 heavy (non-hydrogen) atoms. The molecule has 0 saturated carbocycles.